The van der Waals surface area contributed by atoms with Crippen LogP contribution in [0.5, 0.6) is 0 Å². The van der Waals surface area contributed by atoms with Gasteiger partial charge in [-0.25, -0.2) is 14.8 Å². The van der Waals surface area contributed by atoms with Crippen molar-refractivity contribution in [1.29, 1.82) is 0 Å². The summed E-state index contributed by atoms with van der Waals surface area (Å²) in [5, 5.41) is 21.0. The highest BCUT2D eigenvalue weighted by atomic mass is 16.6. The van der Waals surface area contributed by atoms with Crippen molar-refractivity contribution in [2.75, 3.05) is 39.4 Å². The lowest BCUT2D eigenvalue weighted by Gasteiger charge is -2.35. The zero-order chi connectivity index (χ0) is 28.2. The van der Waals surface area contributed by atoms with Crippen LogP contribution in [0.2, 0.25) is 0 Å². The number of hydrogen-bond donors (Lipinski definition) is 3. The Bertz CT molecular complexity index is 1140. The van der Waals surface area contributed by atoms with Crippen LogP contribution in [-0.2, 0) is 20.7 Å². The molecule has 12 nitrogen and oxygen atoms in total. The molecule has 1 saturated heterocycles. The number of aliphatic carboxylic acids is 1. The number of ether oxygens (including phenoxy) is 1. The number of aryl methyl sites for hydroxylation is 1. The van der Waals surface area contributed by atoms with Gasteiger partial charge in [-0.15, -0.1) is 0 Å². The highest BCUT2D eigenvalue weighted by Crippen LogP contribution is 2.17. The lowest BCUT2D eigenvalue weighted by atomic mass is 10.1. The number of aliphatic hydroxyl groups is 1. The number of carbonyl (C=O) groups excluding carboxylic acids is 3. The van der Waals surface area contributed by atoms with Crippen LogP contribution in [0.4, 0.5) is 4.79 Å². The second-order valence-corrected chi connectivity index (χ2v) is 9.08. The molecule has 210 valence electrons. The number of aliphatic hydroxyl groups excluding tert-OH is 1. The van der Waals surface area contributed by atoms with Crippen molar-refractivity contribution in [3.8, 4) is 11.4 Å². The topological polar surface area (TPSA) is 162 Å². The monoisotopic (exact) mass is 541 g/mol. The van der Waals surface area contributed by atoms with Crippen molar-refractivity contribution in [2.24, 2.45) is 0 Å². The van der Waals surface area contributed by atoms with Gasteiger partial charge >= 0.3 is 12.1 Å². The number of rotatable bonds is 12. The summed E-state index contributed by atoms with van der Waals surface area (Å²) in [5.41, 5.74) is 1.39. The minimum Gasteiger partial charge on any atom is -0.481 e. The zero-order valence-corrected chi connectivity index (χ0v) is 22.0. The molecule has 3 N–H and O–H groups in total. The summed E-state index contributed by atoms with van der Waals surface area (Å²) in [5.74, 6) is -1.78. The maximum absolute atomic E-state index is 13.3. The van der Waals surface area contributed by atoms with Gasteiger partial charge in [0, 0.05) is 50.5 Å². The maximum atomic E-state index is 13.3. The number of benzene rings is 1. The molecule has 39 heavy (non-hydrogen) atoms. The van der Waals surface area contributed by atoms with Gasteiger partial charge in [0.05, 0.1) is 6.61 Å². The van der Waals surface area contributed by atoms with Gasteiger partial charge < -0.3 is 30.1 Å². The highest BCUT2D eigenvalue weighted by Gasteiger charge is 2.31. The number of piperazine rings is 1. The zero-order valence-electron chi connectivity index (χ0n) is 22.0. The number of nitrogens with one attached hydrogen (secondary N) is 1. The molecule has 0 saturated carbocycles. The Morgan fingerprint density at radius 1 is 1.03 bits per heavy atom. The van der Waals surface area contributed by atoms with E-state index in [1.807, 2.05) is 30.3 Å². The first kappa shape index (κ1) is 29.5. The average molecular weight is 542 g/mol. The fraction of sp³-hybridized carbons (Fsp3) is 0.481. The number of hydrogen-bond acceptors (Lipinski definition) is 8. The molecule has 2 aromatic rings. The molecular weight excluding hydrogens is 506 g/mol. The third-order valence-electron chi connectivity index (χ3n) is 6.25. The Kier molecular flexibility index (Phi) is 11.2. The average Bonchev–Trinajstić information content (AvgIpc) is 2.95. The minimum absolute atomic E-state index is 0.0470. The molecule has 1 atom stereocenters. The first-order chi connectivity index (χ1) is 18.8. The number of aromatic nitrogens is 2. The van der Waals surface area contributed by atoms with Crippen molar-refractivity contribution in [3.63, 3.8) is 0 Å². The third kappa shape index (κ3) is 8.74. The molecule has 1 aromatic heterocycles. The predicted octanol–water partition coefficient (Wildman–Crippen LogP) is 1.72. The van der Waals surface area contributed by atoms with E-state index in [-0.39, 0.29) is 57.9 Å². The van der Waals surface area contributed by atoms with E-state index in [0.717, 1.165) is 0 Å². The Morgan fingerprint density at radius 2 is 1.72 bits per heavy atom. The fourth-order valence-corrected chi connectivity index (χ4v) is 4.18. The minimum atomic E-state index is -1.09. The van der Waals surface area contributed by atoms with Gasteiger partial charge in [0.1, 0.15) is 11.7 Å². The molecule has 0 spiro atoms. The number of amides is 3. The van der Waals surface area contributed by atoms with Crippen molar-refractivity contribution < 1.29 is 34.1 Å². The number of carboxylic acid groups (broad SMARTS) is 1. The van der Waals surface area contributed by atoms with Crippen molar-refractivity contribution >= 4 is 23.9 Å². The number of nitrogens with zero attached hydrogens (tertiary/aromatic N) is 4. The summed E-state index contributed by atoms with van der Waals surface area (Å²) < 4.78 is 5.01. The number of carbonyl (C=O) groups is 4. The Hall–Kier alpha value is -4.06. The summed E-state index contributed by atoms with van der Waals surface area (Å²) >= 11 is 0. The Balaban J connectivity index is 1.78. The molecule has 1 aliphatic heterocycles. The molecule has 0 bridgehead atoms. The quantitative estimate of drug-likeness (QED) is 0.340. The fourth-order valence-electron chi connectivity index (χ4n) is 4.18. The van der Waals surface area contributed by atoms with Crippen LogP contribution in [0, 0.1) is 0 Å². The van der Waals surface area contributed by atoms with E-state index < -0.39 is 29.9 Å². The summed E-state index contributed by atoms with van der Waals surface area (Å²) in [7, 11) is 0. The van der Waals surface area contributed by atoms with Crippen LogP contribution in [0.15, 0.2) is 36.4 Å². The molecule has 1 unspecified atom stereocenters. The summed E-state index contributed by atoms with van der Waals surface area (Å²) in [6.45, 7) is 3.02. The largest absolute Gasteiger partial charge is 0.481 e. The van der Waals surface area contributed by atoms with Gasteiger partial charge in [0.25, 0.3) is 5.91 Å². The molecule has 0 radical (unpaired) electrons. The lowest BCUT2D eigenvalue weighted by molar-refractivity contribution is -0.138. The van der Waals surface area contributed by atoms with Crippen LogP contribution in [-0.4, -0.2) is 99.3 Å². The predicted molar refractivity (Wildman–Crippen MR) is 141 cm³/mol. The SMILES string of the molecule is CCOC(=O)N1CCN(C(=O)C(CCC(=O)O)NC(=O)c2cc(CCCCO)nc(-c3ccccc3)n2)CC1. The number of carboxylic acids is 1. The van der Waals surface area contributed by atoms with E-state index in [1.54, 1.807) is 13.0 Å². The van der Waals surface area contributed by atoms with Gasteiger partial charge in [-0.05, 0) is 38.7 Å². The van der Waals surface area contributed by atoms with Crippen molar-refractivity contribution in [1.82, 2.24) is 25.1 Å². The van der Waals surface area contributed by atoms with E-state index in [2.05, 4.69) is 15.3 Å². The molecular formula is C27H35N5O7. The first-order valence-corrected chi connectivity index (χ1v) is 13.1. The summed E-state index contributed by atoms with van der Waals surface area (Å²) in [6, 6.07) is 9.63. The van der Waals surface area contributed by atoms with Gasteiger partial charge in [-0.3, -0.25) is 14.4 Å². The summed E-state index contributed by atoms with van der Waals surface area (Å²) in [6.07, 6.45) is 0.910. The van der Waals surface area contributed by atoms with E-state index in [0.29, 0.717) is 36.3 Å². The highest BCUT2D eigenvalue weighted by molar-refractivity contribution is 5.96. The van der Waals surface area contributed by atoms with Gasteiger partial charge in [-0.2, -0.15) is 0 Å². The molecule has 1 aliphatic rings. The van der Waals surface area contributed by atoms with Crippen LogP contribution >= 0.6 is 0 Å². The molecule has 0 aliphatic carbocycles. The van der Waals surface area contributed by atoms with Gasteiger partial charge in [0.15, 0.2) is 5.82 Å². The smallest absolute Gasteiger partial charge is 0.409 e. The molecule has 3 rings (SSSR count). The molecule has 1 fully saturated rings. The molecule has 3 amide bonds. The molecule has 1 aromatic carbocycles. The van der Waals surface area contributed by atoms with Crippen LogP contribution in [0.25, 0.3) is 11.4 Å². The van der Waals surface area contributed by atoms with Crippen LogP contribution < -0.4 is 5.32 Å². The summed E-state index contributed by atoms with van der Waals surface area (Å²) in [4.78, 5) is 61.9. The van der Waals surface area contributed by atoms with Crippen LogP contribution in [0.3, 0.4) is 0 Å². The van der Waals surface area contributed by atoms with E-state index in [4.69, 9.17) is 9.84 Å². The van der Waals surface area contributed by atoms with E-state index >= 15 is 0 Å². The van der Waals surface area contributed by atoms with Crippen molar-refractivity contribution in [2.45, 2.75) is 45.1 Å². The maximum Gasteiger partial charge on any atom is 0.409 e. The Labute approximate surface area is 227 Å². The second kappa shape index (κ2) is 14.8. The molecule has 12 heteroatoms. The van der Waals surface area contributed by atoms with Gasteiger partial charge in [0.2, 0.25) is 5.91 Å². The second-order valence-electron chi connectivity index (χ2n) is 9.08. The number of unbranched alkanes of at least 4 members (excludes halogenated alkanes) is 1. The van der Waals surface area contributed by atoms with Crippen LogP contribution in [0.1, 0.15) is 48.8 Å². The third-order valence-corrected chi connectivity index (χ3v) is 6.25. The first-order valence-electron chi connectivity index (χ1n) is 13.1. The molecule has 2 heterocycles. The van der Waals surface area contributed by atoms with E-state index in [1.165, 1.54) is 9.80 Å². The lowest BCUT2D eigenvalue weighted by Crippen LogP contribution is -2.56. The standard InChI is InChI=1S/C27H35N5O7/c1-2-39-27(38)32-15-13-31(14-16-32)26(37)21(11-12-23(34)35)30-25(36)22-18-20(10-6-7-17-33)28-24(29-22)19-8-4-3-5-9-19/h3-5,8-9,18,21,33H,2,6-7,10-17H2,1H3,(H,30,36)(H,34,35). The van der Waals surface area contributed by atoms with Gasteiger partial charge in [-0.1, -0.05) is 30.3 Å². The Morgan fingerprint density at radius 3 is 2.36 bits per heavy atom. The normalized spacial score (nSPS) is 14.0. The van der Waals surface area contributed by atoms with E-state index in [9.17, 15) is 24.3 Å². The van der Waals surface area contributed by atoms with Crippen molar-refractivity contribution in [3.05, 3.63) is 47.8 Å².